The molecule has 2 unspecified atom stereocenters. The highest BCUT2D eigenvalue weighted by molar-refractivity contribution is 14.1. The van der Waals surface area contributed by atoms with Gasteiger partial charge in [-0.2, -0.15) is 0 Å². The number of alkyl halides is 1. The smallest absolute Gasteiger partial charge is 0.0731 e. The van der Waals surface area contributed by atoms with E-state index in [9.17, 15) is 0 Å². The summed E-state index contributed by atoms with van der Waals surface area (Å²) in [7, 11) is 0. The highest BCUT2D eigenvalue weighted by atomic mass is 127. The number of rotatable bonds is 1. The second kappa shape index (κ2) is 3.91. The first-order valence-corrected chi connectivity index (χ1v) is 7.09. The van der Waals surface area contributed by atoms with Crippen molar-refractivity contribution in [1.82, 2.24) is 4.90 Å². The lowest BCUT2D eigenvalue weighted by Gasteiger charge is -2.50. The zero-order valence-electron chi connectivity index (χ0n) is 8.49. The van der Waals surface area contributed by atoms with E-state index in [0.29, 0.717) is 12.2 Å². The van der Waals surface area contributed by atoms with E-state index in [4.69, 9.17) is 4.74 Å². The van der Waals surface area contributed by atoms with Gasteiger partial charge in [0.15, 0.2) is 0 Å². The molecular formula is C11H18INO. The minimum atomic E-state index is 0.589. The Labute approximate surface area is 99.5 Å². The van der Waals surface area contributed by atoms with Gasteiger partial charge in [-0.3, -0.25) is 4.90 Å². The molecule has 14 heavy (non-hydrogen) atoms. The first kappa shape index (κ1) is 9.85. The molecule has 0 aromatic heterocycles. The maximum absolute atomic E-state index is 5.67. The molecule has 1 aliphatic carbocycles. The number of ether oxygens (including phenoxy) is 1. The number of halogens is 1. The van der Waals surface area contributed by atoms with E-state index in [2.05, 4.69) is 27.5 Å². The molecule has 3 saturated heterocycles. The highest BCUT2D eigenvalue weighted by Gasteiger charge is 2.40. The molecule has 1 saturated carbocycles. The predicted molar refractivity (Wildman–Crippen MR) is 64.9 cm³/mol. The van der Waals surface area contributed by atoms with Gasteiger partial charge >= 0.3 is 0 Å². The summed E-state index contributed by atoms with van der Waals surface area (Å²) in [6.07, 6.45) is 8.21. The van der Waals surface area contributed by atoms with E-state index in [0.717, 1.165) is 9.97 Å². The Morgan fingerprint density at radius 3 is 2.14 bits per heavy atom. The van der Waals surface area contributed by atoms with Gasteiger partial charge in [-0.05, 0) is 25.7 Å². The Kier molecular flexibility index (Phi) is 2.75. The molecule has 0 aromatic rings. The molecule has 4 aliphatic rings. The Morgan fingerprint density at radius 1 is 1.00 bits per heavy atom. The summed E-state index contributed by atoms with van der Waals surface area (Å²) in [5, 5.41) is 0. The third-order valence-electron chi connectivity index (χ3n) is 3.93. The van der Waals surface area contributed by atoms with Gasteiger partial charge in [-0.15, -0.1) is 0 Å². The fourth-order valence-corrected chi connectivity index (χ4v) is 3.80. The number of morpholine rings is 1. The Balaban J connectivity index is 1.55. The van der Waals surface area contributed by atoms with Crippen molar-refractivity contribution in [3.05, 3.63) is 0 Å². The van der Waals surface area contributed by atoms with Crippen LogP contribution in [0, 0.1) is 0 Å². The third-order valence-corrected chi connectivity index (χ3v) is 5.18. The van der Waals surface area contributed by atoms with Gasteiger partial charge in [0, 0.05) is 29.5 Å². The third kappa shape index (κ3) is 1.83. The van der Waals surface area contributed by atoms with E-state index in [1.54, 1.807) is 0 Å². The molecule has 3 heteroatoms. The minimum Gasteiger partial charge on any atom is -0.372 e. The van der Waals surface area contributed by atoms with Crippen LogP contribution in [0.4, 0.5) is 0 Å². The quantitative estimate of drug-likeness (QED) is 0.544. The van der Waals surface area contributed by atoms with Gasteiger partial charge in [-0.1, -0.05) is 22.6 Å². The fraction of sp³-hybridized carbons (Fsp3) is 1.00. The monoisotopic (exact) mass is 307 g/mol. The van der Waals surface area contributed by atoms with Crippen molar-refractivity contribution in [3.8, 4) is 0 Å². The summed E-state index contributed by atoms with van der Waals surface area (Å²) >= 11 is 2.61. The van der Waals surface area contributed by atoms with Gasteiger partial charge in [-0.25, -0.2) is 0 Å². The van der Waals surface area contributed by atoms with Crippen LogP contribution in [0.3, 0.4) is 0 Å². The van der Waals surface area contributed by atoms with Crippen LogP contribution in [0.2, 0.25) is 0 Å². The first-order chi connectivity index (χ1) is 6.81. The van der Waals surface area contributed by atoms with Crippen molar-refractivity contribution in [2.75, 3.05) is 13.1 Å². The number of fused-ring (bicyclic) bond motifs is 2. The topological polar surface area (TPSA) is 12.5 Å². The summed E-state index contributed by atoms with van der Waals surface area (Å²) in [5.41, 5.74) is 0. The average Bonchev–Trinajstić information content (AvgIpc) is 2.18. The van der Waals surface area contributed by atoms with Crippen molar-refractivity contribution in [3.63, 3.8) is 0 Å². The molecule has 2 atom stereocenters. The van der Waals surface area contributed by atoms with Crippen LogP contribution in [0.15, 0.2) is 0 Å². The summed E-state index contributed by atoms with van der Waals surface area (Å²) in [4.78, 5) is 2.70. The number of hydrogen-bond donors (Lipinski definition) is 0. The maximum atomic E-state index is 5.67. The zero-order chi connectivity index (χ0) is 9.54. The van der Waals surface area contributed by atoms with Crippen molar-refractivity contribution in [2.45, 2.75) is 54.3 Å². The van der Waals surface area contributed by atoms with Crippen molar-refractivity contribution in [1.29, 1.82) is 0 Å². The van der Waals surface area contributed by atoms with Gasteiger partial charge in [0.25, 0.3) is 0 Å². The van der Waals surface area contributed by atoms with E-state index in [1.165, 1.54) is 45.2 Å². The normalized spacial score (nSPS) is 48.6. The van der Waals surface area contributed by atoms with Gasteiger partial charge in [0.1, 0.15) is 0 Å². The molecule has 4 rings (SSSR count). The second-order valence-electron chi connectivity index (χ2n) is 4.98. The van der Waals surface area contributed by atoms with E-state index >= 15 is 0 Å². The number of nitrogens with zero attached hydrogens (tertiary/aromatic N) is 1. The lowest BCUT2D eigenvalue weighted by Crippen LogP contribution is -2.60. The van der Waals surface area contributed by atoms with Crippen LogP contribution in [-0.2, 0) is 4.74 Å². The minimum absolute atomic E-state index is 0.589. The average molecular weight is 307 g/mol. The Hall–Kier alpha value is 0.650. The van der Waals surface area contributed by atoms with Crippen molar-refractivity contribution in [2.24, 2.45) is 0 Å². The van der Waals surface area contributed by atoms with Crippen molar-refractivity contribution < 1.29 is 4.74 Å². The molecule has 0 N–H and O–H groups in total. The van der Waals surface area contributed by atoms with Crippen LogP contribution in [0.5, 0.6) is 0 Å². The summed E-state index contributed by atoms with van der Waals surface area (Å²) in [6.45, 7) is 2.43. The summed E-state index contributed by atoms with van der Waals surface area (Å²) < 4.78 is 6.62. The lowest BCUT2D eigenvalue weighted by atomic mass is 9.90. The molecule has 3 aliphatic heterocycles. The van der Waals surface area contributed by atoms with Crippen LogP contribution < -0.4 is 0 Å². The maximum Gasteiger partial charge on any atom is 0.0731 e. The van der Waals surface area contributed by atoms with Crippen LogP contribution in [0.25, 0.3) is 0 Å². The van der Waals surface area contributed by atoms with Crippen LogP contribution >= 0.6 is 22.6 Å². The van der Waals surface area contributed by atoms with Crippen molar-refractivity contribution >= 4 is 22.6 Å². The van der Waals surface area contributed by atoms with Gasteiger partial charge < -0.3 is 4.74 Å². The molecule has 0 aromatic carbocycles. The standard InChI is InChI=1S/C11H18INO/c12-8-1-3-9(4-2-8)13-6-10-5-11(7-13)14-10/h8-11H,1-7H2/t8-,9-,10?,11?. The van der Waals surface area contributed by atoms with Gasteiger partial charge in [0.05, 0.1) is 12.2 Å². The van der Waals surface area contributed by atoms with Crippen LogP contribution in [-0.4, -0.2) is 40.2 Å². The Morgan fingerprint density at radius 2 is 1.57 bits per heavy atom. The number of piperidine rings is 1. The molecule has 4 fully saturated rings. The zero-order valence-corrected chi connectivity index (χ0v) is 10.7. The molecule has 0 spiro atoms. The largest absolute Gasteiger partial charge is 0.372 e. The van der Waals surface area contributed by atoms with Crippen LogP contribution in [0.1, 0.15) is 32.1 Å². The summed E-state index contributed by atoms with van der Waals surface area (Å²) in [5.74, 6) is 0. The van der Waals surface area contributed by atoms with Gasteiger partial charge in [0.2, 0.25) is 0 Å². The van der Waals surface area contributed by atoms with E-state index in [1.807, 2.05) is 0 Å². The molecule has 2 bridgehead atoms. The first-order valence-electron chi connectivity index (χ1n) is 5.85. The summed E-state index contributed by atoms with van der Waals surface area (Å²) in [6, 6.07) is 0.884. The number of hydrogen-bond acceptors (Lipinski definition) is 2. The molecule has 0 radical (unpaired) electrons. The molecule has 3 heterocycles. The van der Waals surface area contributed by atoms with E-state index in [-0.39, 0.29) is 0 Å². The highest BCUT2D eigenvalue weighted by Crippen LogP contribution is 2.34. The lowest BCUT2D eigenvalue weighted by molar-refractivity contribution is -0.189. The fourth-order valence-electron chi connectivity index (χ4n) is 3.09. The molecular weight excluding hydrogens is 289 g/mol. The SMILES string of the molecule is I[C@H]1CC[C@H](N2CC3CC(C2)O3)CC1. The molecule has 0 amide bonds. The molecule has 80 valence electrons. The van der Waals surface area contributed by atoms with E-state index < -0.39 is 0 Å². The predicted octanol–water partition coefficient (Wildman–Crippen LogP) is 2.21. The Bertz CT molecular complexity index is 199. The second-order valence-corrected chi connectivity index (χ2v) is 6.74. The molecule has 2 nitrogen and oxygen atoms in total.